The normalized spacial score (nSPS) is 14.7. The van der Waals surface area contributed by atoms with Gasteiger partial charge >= 0.3 is 11.7 Å². The van der Waals surface area contributed by atoms with E-state index in [1.807, 2.05) is 38.1 Å². The highest BCUT2D eigenvalue weighted by Crippen LogP contribution is 2.13. The number of hydrogen-bond acceptors (Lipinski definition) is 3. The fourth-order valence-corrected chi connectivity index (χ4v) is 3.39. The number of piperazine rings is 1. The standard InChI is InChI=1S/C18H25N5O3/c1-3-19-17(25)21-11-9-20(10-12-21)16(24)13-23-15-8-6-5-7-14(15)22(4-2)18(23)26/h5-8H,3-4,9-13H2,1-2H3,(H,19,25). The van der Waals surface area contributed by atoms with E-state index in [1.54, 1.807) is 14.4 Å². The lowest BCUT2D eigenvalue weighted by molar-refractivity contribution is -0.133. The van der Waals surface area contributed by atoms with E-state index in [-0.39, 0.29) is 24.2 Å². The highest BCUT2D eigenvalue weighted by atomic mass is 16.2. The Morgan fingerprint density at radius 1 is 0.962 bits per heavy atom. The lowest BCUT2D eigenvalue weighted by atomic mass is 10.3. The predicted octanol–water partition coefficient (Wildman–Crippen LogP) is 0.697. The summed E-state index contributed by atoms with van der Waals surface area (Å²) in [5, 5.41) is 2.77. The first-order valence-corrected chi connectivity index (χ1v) is 9.05. The summed E-state index contributed by atoms with van der Waals surface area (Å²) in [6.45, 7) is 6.94. The van der Waals surface area contributed by atoms with Crippen molar-refractivity contribution >= 4 is 23.0 Å². The molecule has 3 amide bonds. The van der Waals surface area contributed by atoms with Gasteiger partial charge in [0, 0.05) is 39.3 Å². The largest absolute Gasteiger partial charge is 0.338 e. The predicted molar refractivity (Wildman–Crippen MR) is 99.1 cm³/mol. The number of benzene rings is 1. The summed E-state index contributed by atoms with van der Waals surface area (Å²) in [5.74, 6) is -0.0957. The number of amides is 3. The fourth-order valence-electron chi connectivity index (χ4n) is 3.39. The molecule has 140 valence electrons. The fraction of sp³-hybridized carbons (Fsp3) is 0.500. The van der Waals surface area contributed by atoms with Crippen LogP contribution in [0.15, 0.2) is 29.1 Å². The quantitative estimate of drug-likeness (QED) is 0.873. The molecule has 1 saturated heterocycles. The van der Waals surface area contributed by atoms with E-state index in [1.165, 1.54) is 4.57 Å². The van der Waals surface area contributed by atoms with Crippen molar-refractivity contribution in [3.05, 3.63) is 34.7 Å². The smallest absolute Gasteiger partial charge is 0.329 e. The van der Waals surface area contributed by atoms with Gasteiger partial charge in [0.25, 0.3) is 0 Å². The average Bonchev–Trinajstić information content (AvgIpc) is 2.93. The van der Waals surface area contributed by atoms with Gasteiger partial charge in [0.1, 0.15) is 6.54 Å². The van der Waals surface area contributed by atoms with Crippen LogP contribution in [-0.2, 0) is 17.9 Å². The van der Waals surface area contributed by atoms with Gasteiger partial charge in [0.15, 0.2) is 0 Å². The van der Waals surface area contributed by atoms with Crippen LogP contribution in [0.4, 0.5) is 4.79 Å². The van der Waals surface area contributed by atoms with Crippen molar-refractivity contribution in [1.82, 2.24) is 24.3 Å². The Hall–Kier alpha value is -2.77. The molecule has 0 atom stereocenters. The van der Waals surface area contributed by atoms with Gasteiger partial charge in [-0.05, 0) is 26.0 Å². The van der Waals surface area contributed by atoms with Crippen LogP contribution in [0, 0.1) is 0 Å². The first-order valence-electron chi connectivity index (χ1n) is 9.05. The molecule has 1 N–H and O–H groups in total. The van der Waals surface area contributed by atoms with Gasteiger partial charge in [0.2, 0.25) is 5.91 Å². The van der Waals surface area contributed by atoms with E-state index in [9.17, 15) is 14.4 Å². The number of aromatic nitrogens is 2. The zero-order valence-electron chi connectivity index (χ0n) is 15.3. The zero-order valence-corrected chi connectivity index (χ0v) is 15.3. The number of rotatable bonds is 4. The number of carbonyl (C=O) groups excluding carboxylic acids is 2. The molecular weight excluding hydrogens is 334 g/mol. The highest BCUT2D eigenvalue weighted by Gasteiger charge is 2.25. The molecule has 1 aromatic carbocycles. The van der Waals surface area contributed by atoms with Gasteiger partial charge in [-0.25, -0.2) is 9.59 Å². The molecular formula is C18H25N5O3. The van der Waals surface area contributed by atoms with Crippen molar-refractivity contribution in [2.24, 2.45) is 0 Å². The maximum atomic E-state index is 12.7. The highest BCUT2D eigenvalue weighted by molar-refractivity contribution is 5.81. The van der Waals surface area contributed by atoms with Crippen molar-refractivity contribution in [3.8, 4) is 0 Å². The van der Waals surface area contributed by atoms with Gasteiger partial charge in [-0.15, -0.1) is 0 Å². The number of nitrogens with one attached hydrogen (secondary N) is 1. The lowest BCUT2D eigenvalue weighted by Gasteiger charge is -2.34. The molecule has 0 bridgehead atoms. The van der Waals surface area contributed by atoms with Crippen LogP contribution in [0.2, 0.25) is 0 Å². The second kappa shape index (κ2) is 7.63. The van der Waals surface area contributed by atoms with E-state index in [2.05, 4.69) is 5.32 Å². The SMILES string of the molecule is CCNC(=O)N1CCN(C(=O)Cn2c(=O)n(CC)c3ccccc32)CC1. The van der Waals surface area contributed by atoms with E-state index < -0.39 is 0 Å². The third-order valence-corrected chi connectivity index (χ3v) is 4.78. The molecule has 8 heteroatoms. The minimum atomic E-state index is -0.164. The van der Waals surface area contributed by atoms with E-state index in [0.717, 1.165) is 11.0 Å². The first-order chi connectivity index (χ1) is 12.6. The van der Waals surface area contributed by atoms with Gasteiger partial charge in [-0.3, -0.25) is 13.9 Å². The Morgan fingerprint density at radius 3 is 2.12 bits per heavy atom. The number of fused-ring (bicyclic) bond motifs is 1. The Bertz CT molecular complexity index is 861. The molecule has 1 fully saturated rings. The summed E-state index contributed by atoms with van der Waals surface area (Å²) < 4.78 is 3.22. The maximum Gasteiger partial charge on any atom is 0.329 e. The molecule has 0 aliphatic carbocycles. The molecule has 0 saturated carbocycles. The number of hydrogen-bond donors (Lipinski definition) is 1. The Morgan fingerprint density at radius 2 is 1.54 bits per heavy atom. The Labute approximate surface area is 152 Å². The van der Waals surface area contributed by atoms with Crippen molar-refractivity contribution in [2.45, 2.75) is 26.9 Å². The lowest BCUT2D eigenvalue weighted by Crippen LogP contribution is -2.53. The summed E-state index contributed by atoms with van der Waals surface area (Å²) >= 11 is 0. The topological polar surface area (TPSA) is 79.6 Å². The van der Waals surface area contributed by atoms with E-state index >= 15 is 0 Å². The number of imidazole rings is 1. The van der Waals surface area contributed by atoms with Crippen LogP contribution in [-0.4, -0.2) is 63.6 Å². The van der Waals surface area contributed by atoms with E-state index in [4.69, 9.17) is 0 Å². The van der Waals surface area contributed by atoms with Crippen LogP contribution in [0.1, 0.15) is 13.8 Å². The van der Waals surface area contributed by atoms with Crippen LogP contribution < -0.4 is 11.0 Å². The third-order valence-electron chi connectivity index (χ3n) is 4.78. The first kappa shape index (κ1) is 18.0. The minimum absolute atomic E-state index is 0.0213. The van der Waals surface area contributed by atoms with E-state index in [0.29, 0.717) is 39.3 Å². The molecule has 0 spiro atoms. The number of aryl methyl sites for hydroxylation is 1. The molecule has 2 heterocycles. The van der Waals surface area contributed by atoms with Crippen LogP contribution in [0.5, 0.6) is 0 Å². The summed E-state index contributed by atoms with van der Waals surface area (Å²) in [6, 6.07) is 7.42. The molecule has 1 aromatic heterocycles. The Balaban J connectivity index is 1.72. The van der Waals surface area contributed by atoms with Gasteiger partial charge in [-0.1, -0.05) is 12.1 Å². The second-order valence-electron chi connectivity index (χ2n) is 6.31. The average molecular weight is 359 g/mol. The molecule has 26 heavy (non-hydrogen) atoms. The number of carbonyl (C=O) groups is 2. The zero-order chi connectivity index (χ0) is 18.7. The van der Waals surface area contributed by atoms with Crippen molar-refractivity contribution < 1.29 is 9.59 Å². The number of nitrogens with zero attached hydrogens (tertiary/aromatic N) is 4. The maximum absolute atomic E-state index is 12.7. The summed E-state index contributed by atoms with van der Waals surface area (Å²) in [7, 11) is 0. The van der Waals surface area contributed by atoms with Crippen molar-refractivity contribution in [3.63, 3.8) is 0 Å². The molecule has 1 aliphatic rings. The monoisotopic (exact) mass is 359 g/mol. The molecule has 8 nitrogen and oxygen atoms in total. The van der Waals surface area contributed by atoms with Crippen molar-refractivity contribution in [1.29, 1.82) is 0 Å². The molecule has 0 radical (unpaired) electrons. The second-order valence-corrected chi connectivity index (χ2v) is 6.31. The molecule has 1 aliphatic heterocycles. The number of para-hydroxylation sites is 2. The Kier molecular flexibility index (Phi) is 5.29. The third kappa shape index (κ3) is 3.31. The summed E-state index contributed by atoms with van der Waals surface area (Å²) in [4.78, 5) is 40.6. The summed E-state index contributed by atoms with van der Waals surface area (Å²) in [6.07, 6.45) is 0. The van der Waals surface area contributed by atoms with Gasteiger partial charge in [-0.2, -0.15) is 0 Å². The minimum Gasteiger partial charge on any atom is -0.338 e. The molecule has 2 aromatic rings. The van der Waals surface area contributed by atoms with Crippen LogP contribution in [0.25, 0.3) is 11.0 Å². The van der Waals surface area contributed by atoms with Crippen LogP contribution >= 0.6 is 0 Å². The van der Waals surface area contributed by atoms with Crippen molar-refractivity contribution in [2.75, 3.05) is 32.7 Å². The molecule has 0 unspecified atom stereocenters. The van der Waals surface area contributed by atoms with Crippen LogP contribution in [0.3, 0.4) is 0 Å². The molecule has 3 rings (SSSR count). The van der Waals surface area contributed by atoms with Gasteiger partial charge < -0.3 is 15.1 Å². The summed E-state index contributed by atoms with van der Waals surface area (Å²) in [5.41, 5.74) is 1.45. The van der Waals surface area contributed by atoms with Gasteiger partial charge in [0.05, 0.1) is 11.0 Å². The number of urea groups is 1.